The van der Waals surface area contributed by atoms with Crippen LogP contribution in [0.1, 0.15) is 65.2 Å². The Bertz CT molecular complexity index is 1290. The number of ketones is 1. The van der Waals surface area contributed by atoms with Gasteiger partial charge in [-0.2, -0.15) is 5.26 Å². The average Bonchev–Trinajstić information content (AvgIpc) is 2.89. The van der Waals surface area contributed by atoms with Gasteiger partial charge in [0.25, 0.3) is 5.56 Å². The Morgan fingerprint density at radius 3 is 2.31 bits per heavy atom. The topological polar surface area (TPSA) is 102 Å². The van der Waals surface area contributed by atoms with E-state index in [9.17, 15) is 20.0 Å². The molecule has 0 spiro atoms. The molecule has 188 valence electrons. The third-order valence-corrected chi connectivity index (χ3v) is 6.19. The molecular formula is C29H32N2O5. The predicted octanol–water partition coefficient (Wildman–Crippen LogP) is 5.18. The first kappa shape index (κ1) is 26.6. The molecule has 0 unspecified atom stereocenters. The van der Waals surface area contributed by atoms with E-state index in [1.165, 1.54) is 13.3 Å². The molecule has 0 saturated carbocycles. The molecule has 0 saturated heterocycles. The van der Waals surface area contributed by atoms with Crippen LogP contribution in [0.25, 0.3) is 0 Å². The van der Waals surface area contributed by atoms with Crippen LogP contribution in [0.4, 0.5) is 0 Å². The third kappa shape index (κ3) is 6.14. The Morgan fingerprint density at radius 1 is 1.03 bits per heavy atom. The smallest absolute Gasteiger partial charge is 0.271 e. The zero-order chi connectivity index (χ0) is 26.1. The monoisotopic (exact) mass is 488 g/mol. The molecule has 1 aromatic heterocycles. The minimum Gasteiger partial charge on any atom is -0.497 e. The third-order valence-electron chi connectivity index (χ3n) is 6.19. The van der Waals surface area contributed by atoms with E-state index >= 15 is 0 Å². The first-order chi connectivity index (χ1) is 17.4. The molecule has 3 rings (SSSR count). The molecule has 1 heterocycles. The fourth-order valence-electron chi connectivity index (χ4n) is 4.03. The van der Waals surface area contributed by atoms with Crippen LogP contribution in [0.2, 0.25) is 0 Å². The van der Waals surface area contributed by atoms with Gasteiger partial charge in [-0.1, -0.05) is 38.3 Å². The largest absolute Gasteiger partial charge is 0.497 e. The molecular weight excluding hydrogens is 456 g/mol. The predicted molar refractivity (Wildman–Crippen MR) is 138 cm³/mol. The Hall–Kier alpha value is -4.05. The molecule has 0 fully saturated rings. The van der Waals surface area contributed by atoms with E-state index in [-0.39, 0.29) is 23.2 Å². The fourth-order valence-corrected chi connectivity index (χ4v) is 4.03. The lowest BCUT2D eigenvalue weighted by Gasteiger charge is -2.16. The highest BCUT2D eigenvalue weighted by atomic mass is 16.5. The van der Waals surface area contributed by atoms with Crippen molar-refractivity contribution >= 4 is 5.78 Å². The summed E-state index contributed by atoms with van der Waals surface area (Å²) in [6.07, 6.45) is 4.83. The maximum absolute atomic E-state index is 13.4. The number of unbranched alkanes of at least 4 members (excludes halogenated alkanes) is 3. The Balaban J connectivity index is 1.84. The van der Waals surface area contributed by atoms with E-state index in [0.717, 1.165) is 29.4 Å². The number of carbonyl (C=O) groups is 1. The molecule has 0 aliphatic carbocycles. The van der Waals surface area contributed by atoms with Gasteiger partial charge in [-0.3, -0.25) is 14.2 Å². The first-order valence-corrected chi connectivity index (χ1v) is 12.2. The number of ether oxygens (including phenoxy) is 2. The maximum Gasteiger partial charge on any atom is 0.271 e. The van der Waals surface area contributed by atoms with Gasteiger partial charge in [0.05, 0.1) is 19.3 Å². The van der Waals surface area contributed by atoms with Gasteiger partial charge < -0.3 is 14.6 Å². The van der Waals surface area contributed by atoms with Crippen LogP contribution in [-0.2, 0) is 13.0 Å². The molecule has 36 heavy (non-hydrogen) atoms. The molecule has 0 atom stereocenters. The summed E-state index contributed by atoms with van der Waals surface area (Å²) in [6, 6.07) is 15.9. The van der Waals surface area contributed by atoms with Crippen molar-refractivity contribution in [2.75, 3.05) is 13.7 Å². The summed E-state index contributed by atoms with van der Waals surface area (Å²) >= 11 is 0. The fraction of sp³-hybridized carbons (Fsp3) is 0.345. The number of carbonyl (C=O) groups excluding carboxylic acids is 1. The second-order valence-corrected chi connectivity index (χ2v) is 8.63. The molecule has 0 aliphatic heterocycles. The van der Waals surface area contributed by atoms with E-state index in [4.69, 9.17) is 9.47 Å². The Morgan fingerprint density at radius 2 is 1.69 bits per heavy atom. The van der Waals surface area contributed by atoms with Crippen LogP contribution >= 0.6 is 0 Å². The van der Waals surface area contributed by atoms with Crippen molar-refractivity contribution in [2.24, 2.45) is 0 Å². The number of methoxy groups -OCH3 is 1. The van der Waals surface area contributed by atoms with Gasteiger partial charge in [0.15, 0.2) is 5.78 Å². The lowest BCUT2D eigenvalue weighted by molar-refractivity contribution is 0.103. The molecule has 1 N–H and O–H groups in total. The minimum atomic E-state index is -0.621. The summed E-state index contributed by atoms with van der Waals surface area (Å²) in [6.45, 7) is 4.38. The summed E-state index contributed by atoms with van der Waals surface area (Å²) in [5.41, 5.74) is 0.591. The number of nitrogens with zero attached hydrogens (tertiary/aromatic N) is 2. The first-order valence-electron chi connectivity index (χ1n) is 12.2. The second-order valence-electron chi connectivity index (χ2n) is 8.63. The number of aromatic nitrogens is 1. The quantitative estimate of drug-likeness (QED) is 0.279. The molecule has 0 amide bonds. The number of pyridine rings is 1. The maximum atomic E-state index is 13.4. The van der Waals surface area contributed by atoms with E-state index in [2.05, 4.69) is 6.92 Å². The summed E-state index contributed by atoms with van der Waals surface area (Å²) < 4.78 is 12.0. The van der Waals surface area contributed by atoms with E-state index in [1.807, 2.05) is 18.2 Å². The van der Waals surface area contributed by atoms with Gasteiger partial charge in [0.1, 0.15) is 23.1 Å². The van der Waals surface area contributed by atoms with Crippen molar-refractivity contribution in [3.63, 3.8) is 0 Å². The van der Waals surface area contributed by atoms with Gasteiger partial charge in [-0.15, -0.1) is 0 Å². The lowest BCUT2D eigenvalue weighted by Crippen LogP contribution is -2.27. The number of rotatable bonds is 12. The average molecular weight is 489 g/mol. The molecule has 0 radical (unpaired) electrons. The van der Waals surface area contributed by atoms with Crippen molar-refractivity contribution in [1.82, 2.24) is 4.57 Å². The molecule has 7 heteroatoms. The van der Waals surface area contributed by atoms with E-state index in [0.29, 0.717) is 30.1 Å². The lowest BCUT2D eigenvalue weighted by atomic mass is 9.97. The number of aromatic hydroxyl groups is 1. The highest BCUT2D eigenvalue weighted by Crippen LogP contribution is 2.26. The summed E-state index contributed by atoms with van der Waals surface area (Å²) in [7, 11) is 1.58. The van der Waals surface area contributed by atoms with Gasteiger partial charge in [0.2, 0.25) is 5.88 Å². The zero-order valence-electron chi connectivity index (χ0n) is 21.0. The van der Waals surface area contributed by atoms with Crippen molar-refractivity contribution in [3.05, 3.63) is 86.7 Å². The number of hydrogen-bond donors (Lipinski definition) is 1. The minimum absolute atomic E-state index is 0.0471. The highest BCUT2D eigenvalue weighted by molar-refractivity contribution is 6.11. The Kier molecular flexibility index (Phi) is 9.29. The van der Waals surface area contributed by atoms with Crippen LogP contribution in [0.15, 0.2) is 53.3 Å². The number of hydrogen-bond acceptors (Lipinski definition) is 6. The SMILES string of the molecule is CCCCCCOc1ccc(C(=O)c2c(C)c(C#N)c(=O)n(CCc3ccc(OC)cc3)c2O)cc1. The number of aryl methyl sites for hydroxylation is 1. The zero-order valence-corrected chi connectivity index (χ0v) is 21.0. The molecule has 2 aromatic carbocycles. The molecule has 3 aromatic rings. The van der Waals surface area contributed by atoms with Crippen molar-refractivity contribution < 1.29 is 19.4 Å². The van der Waals surface area contributed by atoms with Crippen LogP contribution in [0, 0.1) is 18.3 Å². The van der Waals surface area contributed by atoms with Gasteiger partial charge >= 0.3 is 0 Å². The molecule has 7 nitrogen and oxygen atoms in total. The summed E-state index contributed by atoms with van der Waals surface area (Å²) in [5.74, 6) is 0.466. The van der Waals surface area contributed by atoms with Crippen molar-refractivity contribution in [3.8, 4) is 23.4 Å². The van der Waals surface area contributed by atoms with Crippen LogP contribution < -0.4 is 15.0 Å². The van der Waals surface area contributed by atoms with Gasteiger partial charge in [0, 0.05) is 12.1 Å². The summed E-state index contributed by atoms with van der Waals surface area (Å²) in [5, 5.41) is 20.6. The molecule has 0 bridgehead atoms. The highest BCUT2D eigenvalue weighted by Gasteiger charge is 2.25. The standard InChI is InChI=1S/C29H32N2O5/c1-4-5-6-7-18-36-24-14-10-22(11-15-24)27(32)26-20(2)25(19-30)28(33)31(29(26)34)17-16-21-8-12-23(35-3)13-9-21/h8-15,34H,4-7,16-18H2,1-3H3. The van der Waals surface area contributed by atoms with Gasteiger partial charge in [-0.25, -0.2) is 0 Å². The number of nitriles is 1. The normalized spacial score (nSPS) is 10.6. The Labute approximate surface area is 211 Å². The van der Waals surface area contributed by atoms with Crippen LogP contribution in [-0.4, -0.2) is 29.2 Å². The molecule has 0 aliphatic rings. The van der Waals surface area contributed by atoms with Crippen LogP contribution in [0.3, 0.4) is 0 Å². The van der Waals surface area contributed by atoms with Gasteiger partial charge in [-0.05, 0) is 67.3 Å². The van der Waals surface area contributed by atoms with Crippen LogP contribution in [0.5, 0.6) is 17.4 Å². The van der Waals surface area contributed by atoms with Crippen molar-refractivity contribution in [2.45, 2.75) is 52.5 Å². The van der Waals surface area contributed by atoms with E-state index < -0.39 is 17.2 Å². The van der Waals surface area contributed by atoms with Crippen molar-refractivity contribution in [1.29, 1.82) is 5.26 Å². The number of benzene rings is 2. The second kappa shape index (κ2) is 12.6. The summed E-state index contributed by atoms with van der Waals surface area (Å²) in [4.78, 5) is 26.3. The van der Waals surface area contributed by atoms with E-state index in [1.54, 1.807) is 43.5 Å².